The van der Waals surface area contributed by atoms with Gasteiger partial charge in [0, 0.05) is 6.92 Å². The Bertz CT molecular complexity index is 365. The summed E-state index contributed by atoms with van der Waals surface area (Å²) in [7, 11) is 0. The fourth-order valence-electron chi connectivity index (χ4n) is 1.45. The maximum Gasteiger partial charge on any atom is 0.322 e. The second kappa shape index (κ2) is 9.63. The minimum Gasteiger partial charge on any atom is -0.480 e. The van der Waals surface area contributed by atoms with Crippen LogP contribution >= 0.6 is 0 Å². The molecule has 0 amide bonds. The van der Waals surface area contributed by atoms with Crippen LogP contribution in [-0.2, 0) is 19.1 Å². The third kappa shape index (κ3) is 6.19. The molecule has 11 nitrogen and oxygen atoms in total. The highest BCUT2D eigenvalue weighted by Gasteiger charge is 2.43. The molecule has 11 heteroatoms. The Kier molecular flexibility index (Phi) is 9.04. The van der Waals surface area contributed by atoms with Crippen LogP contribution in [0.2, 0.25) is 0 Å². The molecule has 1 fully saturated rings. The SMILES string of the molecule is CC(=O)OC1O[C@H](CO)[C@@H](O)[C@H](O)[C@H]1N.NC(CO)C(=O)O. The maximum absolute atomic E-state index is 10.7. The number of hydrogen-bond acceptors (Lipinski definition) is 10. The van der Waals surface area contributed by atoms with E-state index in [4.69, 9.17) is 31.5 Å². The van der Waals surface area contributed by atoms with Gasteiger partial charge in [-0.25, -0.2) is 0 Å². The molecule has 9 N–H and O–H groups in total. The molecule has 0 aromatic heterocycles. The third-order valence-corrected chi connectivity index (χ3v) is 2.72. The second-order valence-corrected chi connectivity index (χ2v) is 4.52. The normalized spacial score (nSPS) is 32.4. The van der Waals surface area contributed by atoms with Gasteiger partial charge in [0.1, 0.15) is 24.4 Å². The van der Waals surface area contributed by atoms with Gasteiger partial charge in [0.2, 0.25) is 6.29 Å². The molecular formula is C11H22N2O9. The molecule has 0 radical (unpaired) electrons. The fraction of sp³-hybridized carbons (Fsp3) is 0.818. The Labute approximate surface area is 126 Å². The highest BCUT2D eigenvalue weighted by molar-refractivity contribution is 5.73. The number of carboxylic acids is 1. The molecule has 1 rings (SSSR count). The number of aliphatic hydroxyl groups excluding tert-OH is 4. The van der Waals surface area contributed by atoms with Crippen molar-refractivity contribution in [2.75, 3.05) is 13.2 Å². The lowest BCUT2D eigenvalue weighted by molar-refractivity contribution is -0.258. The Morgan fingerprint density at radius 3 is 2.14 bits per heavy atom. The Hall–Kier alpha value is -1.34. The van der Waals surface area contributed by atoms with Crippen LogP contribution in [0.5, 0.6) is 0 Å². The Balaban J connectivity index is 0.000000534. The van der Waals surface area contributed by atoms with Crippen molar-refractivity contribution in [3.05, 3.63) is 0 Å². The van der Waals surface area contributed by atoms with Crippen LogP contribution in [0, 0.1) is 0 Å². The van der Waals surface area contributed by atoms with E-state index in [1.807, 2.05) is 0 Å². The molecule has 2 unspecified atom stereocenters. The molecule has 0 aromatic rings. The molecule has 22 heavy (non-hydrogen) atoms. The third-order valence-electron chi connectivity index (χ3n) is 2.72. The van der Waals surface area contributed by atoms with Crippen molar-refractivity contribution in [1.29, 1.82) is 0 Å². The fourth-order valence-corrected chi connectivity index (χ4v) is 1.45. The molecule has 1 aliphatic heterocycles. The minimum absolute atomic E-state index is 0.497. The number of ether oxygens (including phenoxy) is 2. The predicted octanol–water partition coefficient (Wildman–Crippen LogP) is -4.29. The lowest BCUT2D eigenvalue weighted by atomic mass is 9.98. The first kappa shape index (κ1) is 20.7. The van der Waals surface area contributed by atoms with E-state index in [1.165, 1.54) is 6.92 Å². The van der Waals surface area contributed by atoms with E-state index < -0.39 is 61.8 Å². The largest absolute Gasteiger partial charge is 0.480 e. The van der Waals surface area contributed by atoms with Crippen molar-refractivity contribution in [1.82, 2.24) is 0 Å². The van der Waals surface area contributed by atoms with Gasteiger partial charge in [0.15, 0.2) is 0 Å². The van der Waals surface area contributed by atoms with Gasteiger partial charge < -0.3 is 46.5 Å². The molecule has 0 spiro atoms. The van der Waals surface area contributed by atoms with Crippen LogP contribution in [-0.4, -0.2) is 87.4 Å². The molecule has 0 aromatic carbocycles. The summed E-state index contributed by atoms with van der Waals surface area (Å²) in [5, 5.41) is 43.6. The van der Waals surface area contributed by atoms with Crippen LogP contribution in [0.3, 0.4) is 0 Å². The van der Waals surface area contributed by atoms with E-state index >= 15 is 0 Å². The van der Waals surface area contributed by atoms with Crippen LogP contribution in [0.15, 0.2) is 0 Å². The summed E-state index contributed by atoms with van der Waals surface area (Å²) < 4.78 is 9.70. The lowest BCUT2D eigenvalue weighted by Gasteiger charge is -2.39. The highest BCUT2D eigenvalue weighted by Crippen LogP contribution is 2.20. The number of carboxylic acid groups (broad SMARTS) is 1. The van der Waals surface area contributed by atoms with Gasteiger partial charge in [0.25, 0.3) is 0 Å². The summed E-state index contributed by atoms with van der Waals surface area (Å²) in [4.78, 5) is 20.3. The zero-order valence-corrected chi connectivity index (χ0v) is 11.9. The second-order valence-electron chi connectivity index (χ2n) is 4.52. The van der Waals surface area contributed by atoms with E-state index in [0.29, 0.717) is 0 Å². The van der Waals surface area contributed by atoms with Crippen molar-refractivity contribution in [3.63, 3.8) is 0 Å². The first-order valence-corrected chi connectivity index (χ1v) is 6.30. The summed E-state index contributed by atoms with van der Waals surface area (Å²) in [5.41, 5.74) is 10.3. The highest BCUT2D eigenvalue weighted by atomic mass is 16.7. The quantitative estimate of drug-likeness (QED) is 0.246. The van der Waals surface area contributed by atoms with Crippen molar-refractivity contribution >= 4 is 11.9 Å². The van der Waals surface area contributed by atoms with Gasteiger partial charge >= 0.3 is 11.9 Å². The number of aliphatic hydroxyl groups is 4. The predicted molar refractivity (Wildman–Crippen MR) is 70.2 cm³/mol. The average molecular weight is 326 g/mol. The molecule has 1 aliphatic rings. The number of carbonyl (C=O) groups is 2. The van der Waals surface area contributed by atoms with Crippen molar-refractivity contribution < 1.29 is 44.6 Å². The summed E-state index contributed by atoms with van der Waals surface area (Å²) in [6.45, 7) is 0.166. The molecule has 130 valence electrons. The van der Waals surface area contributed by atoms with Crippen LogP contribution in [0.4, 0.5) is 0 Å². The maximum atomic E-state index is 10.7. The van der Waals surface area contributed by atoms with E-state index in [9.17, 15) is 19.8 Å². The van der Waals surface area contributed by atoms with Crippen LogP contribution < -0.4 is 11.5 Å². The first-order chi connectivity index (χ1) is 10.1. The molecule has 0 saturated carbocycles. The number of aliphatic carboxylic acids is 1. The van der Waals surface area contributed by atoms with Gasteiger partial charge in [-0.2, -0.15) is 0 Å². The molecule has 1 saturated heterocycles. The average Bonchev–Trinajstić information content (AvgIpc) is 2.47. The number of hydrogen-bond donors (Lipinski definition) is 7. The van der Waals surface area contributed by atoms with E-state index in [1.54, 1.807) is 0 Å². The number of nitrogens with two attached hydrogens (primary N) is 2. The summed E-state index contributed by atoms with van der Waals surface area (Å²) in [5.74, 6) is -1.79. The Morgan fingerprint density at radius 1 is 1.27 bits per heavy atom. The van der Waals surface area contributed by atoms with E-state index in [2.05, 4.69) is 4.74 Å². The molecule has 0 aliphatic carbocycles. The minimum atomic E-state index is -1.31. The first-order valence-electron chi connectivity index (χ1n) is 6.30. The van der Waals surface area contributed by atoms with E-state index in [0.717, 1.165) is 0 Å². The summed E-state index contributed by atoms with van der Waals surface area (Å²) >= 11 is 0. The van der Waals surface area contributed by atoms with Gasteiger partial charge in [-0.1, -0.05) is 0 Å². The van der Waals surface area contributed by atoms with Gasteiger partial charge in [-0.05, 0) is 0 Å². The smallest absolute Gasteiger partial charge is 0.322 e. The van der Waals surface area contributed by atoms with Crippen molar-refractivity contribution in [3.8, 4) is 0 Å². The van der Waals surface area contributed by atoms with E-state index in [-0.39, 0.29) is 0 Å². The molecule has 0 bridgehead atoms. The lowest BCUT2D eigenvalue weighted by Crippen LogP contribution is -2.62. The van der Waals surface area contributed by atoms with Gasteiger partial charge in [-0.3, -0.25) is 9.59 Å². The molecule has 1 heterocycles. The van der Waals surface area contributed by atoms with Gasteiger partial charge in [-0.15, -0.1) is 0 Å². The molecular weight excluding hydrogens is 304 g/mol. The molecule has 6 atom stereocenters. The standard InChI is InChI=1S/C8H15NO6.C3H7NO3/c1-3(11)14-8-5(9)7(13)6(12)4(2-10)15-8;4-2(1-5)3(6)7/h4-8,10,12-13H,2,9H2,1H3;2,5H,1,4H2,(H,6,7)/t4-,5-,6-,7-,8?;/m1./s1. The summed E-state index contributed by atoms with van der Waals surface area (Å²) in [6, 6.07) is -2.16. The van der Waals surface area contributed by atoms with Crippen LogP contribution in [0.25, 0.3) is 0 Å². The number of rotatable bonds is 4. The Morgan fingerprint density at radius 2 is 1.82 bits per heavy atom. The topological polar surface area (TPSA) is 206 Å². The van der Waals surface area contributed by atoms with Crippen molar-refractivity contribution in [2.24, 2.45) is 11.5 Å². The van der Waals surface area contributed by atoms with Crippen molar-refractivity contribution in [2.45, 2.75) is 43.6 Å². The monoisotopic (exact) mass is 326 g/mol. The number of carbonyl (C=O) groups excluding carboxylic acids is 1. The van der Waals surface area contributed by atoms with Crippen LogP contribution in [0.1, 0.15) is 6.92 Å². The van der Waals surface area contributed by atoms with Gasteiger partial charge in [0.05, 0.1) is 19.3 Å². The number of esters is 1. The zero-order chi connectivity index (χ0) is 17.4. The summed E-state index contributed by atoms with van der Waals surface area (Å²) in [6.07, 6.45) is -4.76. The zero-order valence-electron chi connectivity index (χ0n) is 11.9.